The lowest BCUT2D eigenvalue weighted by molar-refractivity contribution is -0.0554. The number of hydrogen-bond donors (Lipinski definition) is 7. The molecule has 4 rings (SSSR count). The molecule has 0 amide bonds. The van der Waals surface area contributed by atoms with E-state index in [9.17, 15) is 34.5 Å². The van der Waals surface area contributed by atoms with E-state index in [0.29, 0.717) is 5.70 Å². The third-order valence-electron chi connectivity index (χ3n) is 4.53. The summed E-state index contributed by atoms with van der Waals surface area (Å²) in [6, 6.07) is 2.42. The van der Waals surface area contributed by atoms with Gasteiger partial charge in [-0.05, 0) is 19.1 Å². The van der Waals surface area contributed by atoms with E-state index >= 15 is 0 Å². The van der Waals surface area contributed by atoms with E-state index in [4.69, 9.17) is 4.74 Å². The molecule has 1 fully saturated rings. The molecule has 0 spiro atoms. The van der Waals surface area contributed by atoms with Gasteiger partial charge in [-0.15, -0.1) is 6.58 Å². The predicted molar refractivity (Wildman–Crippen MR) is 127 cm³/mol. The number of nitrogens with zero attached hydrogens (tertiary/aromatic N) is 1. The summed E-state index contributed by atoms with van der Waals surface area (Å²) in [4.78, 5) is 50.8. The first-order chi connectivity index (χ1) is 16.7. The van der Waals surface area contributed by atoms with Gasteiger partial charge in [0, 0.05) is 24.5 Å². The Morgan fingerprint density at radius 3 is 2.37 bits per heavy atom. The van der Waals surface area contributed by atoms with Gasteiger partial charge >= 0.3 is 11.4 Å². The van der Waals surface area contributed by atoms with Crippen molar-refractivity contribution in [2.75, 3.05) is 6.61 Å². The Bertz CT molecular complexity index is 1290. The molecule has 2 aliphatic rings. The van der Waals surface area contributed by atoms with Crippen LogP contribution in [-0.2, 0) is 4.74 Å². The minimum Gasteiger partial charge on any atom is -0.394 e. The minimum absolute atomic E-state index is 0.176. The molecule has 13 nitrogen and oxygen atoms in total. The lowest BCUT2D eigenvalue weighted by atomic mass is 10.1. The van der Waals surface area contributed by atoms with Gasteiger partial charge in [0.25, 0.3) is 11.1 Å². The number of nitrogens with one attached hydrogen (secondary N) is 4. The van der Waals surface area contributed by atoms with Crippen molar-refractivity contribution >= 4 is 5.70 Å². The zero-order valence-corrected chi connectivity index (χ0v) is 18.7. The molecule has 0 aromatic carbocycles. The van der Waals surface area contributed by atoms with Crippen molar-refractivity contribution in [3.8, 4) is 0 Å². The van der Waals surface area contributed by atoms with Crippen molar-refractivity contribution in [2.45, 2.75) is 31.5 Å². The van der Waals surface area contributed by atoms with Crippen LogP contribution in [0, 0.1) is 0 Å². The van der Waals surface area contributed by atoms with Gasteiger partial charge in [-0.2, -0.15) is 0 Å². The number of H-pyrrole nitrogens is 3. The molecule has 2 aliphatic heterocycles. The average Bonchev–Trinajstić information content (AvgIpc) is 2.98. The summed E-state index contributed by atoms with van der Waals surface area (Å²) in [5.74, 6) is 0. The maximum absolute atomic E-state index is 12.3. The maximum atomic E-state index is 12.3. The predicted octanol–water partition coefficient (Wildman–Crippen LogP) is -1.58. The number of rotatable bonds is 3. The zero-order valence-electron chi connectivity index (χ0n) is 18.7. The van der Waals surface area contributed by atoms with E-state index in [1.807, 2.05) is 11.9 Å². The number of ether oxygens (including phenoxy) is 1. The molecule has 1 saturated heterocycles. The van der Waals surface area contributed by atoms with Crippen LogP contribution in [0.3, 0.4) is 0 Å². The molecule has 188 valence electrons. The van der Waals surface area contributed by atoms with Crippen molar-refractivity contribution in [3.63, 3.8) is 0 Å². The molecule has 0 saturated carbocycles. The summed E-state index contributed by atoms with van der Waals surface area (Å²) >= 11 is 0. The third kappa shape index (κ3) is 7.22. The van der Waals surface area contributed by atoms with Crippen LogP contribution in [0.5, 0.6) is 0 Å². The van der Waals surface area contributed by atoms with Crippen molar-refractivity contribution in [1.82, 2.24) is 24.8 Å². The maximum Gasteiger partial charge on any atom is 0.331 e. The Morgan fingerprint density at radius 2 is 1.80 bits per heavy atom. The molecule has 13 heteroatoms. The number of allylic oxidation sites excluding steroid dienone is 5. The Balaban J connectivity index is 0.000000327. The minimum atomic E-state index is -1.44. The average molecular weight is 489 g/mol. The highest BCUT2D eigenvalue weighted by atomic mass is 16.6. The van der Waals surface area contributed by atoms with Crippen LogP contribution < -0.4 is 27.8 Å². The van der Waals surface area contributed by atoms with Crippen LogP contribution in [0.4, 0.5) is 0 Å². The summed E-state index contributed by atoms with van der Waals surface area (Å²) in [5, 5.41) is 32.2. The fourth-order valence-corrected chi connectivity index (χ4v) is 3.06. The van der Waals surface area contributed by atoms with Gasteiger partial charge in [0.15, 0.2) is 6.23 Å². The summed E-state index contributed by atoms with van der Waals surface area (Å²) in [7, 11) is 0. The normalized spacial score (nSPS) is 22.5. The lowest BCUT2D eigenvalue weighted by Gasteiger charge is -2.22. The SMILES string of the molecule is C=CC.O=c1cc(C2=CC=CC=CN2)n([C@@H]2O[C@H](CO)[C@@H](O)[C@H]2O)c(=O)[nH]1.O=c1cc[nH]c(=O)[nH]1. The topological polar surface area (TPSA) is 203 Å². The molecule has 0 bridgehead atoms. The van der Waals surface area contributed by atoms with Gasteiger partial charge in [0.1, 0.15) is 18.3 Å². The highest BCUT2D eigenvalue weighted by Gasteiger charge is 2.44. The molecular weight excluding hydrogens is 462 g/mol. The molecular formula is C22H27N5O8. The van der Waals surface area contributed by atoms with E-state index in [1.165, 1.54) is 18.3 Å². The molecule has 2 aromatic rings. The molecule has 0 unspecified atom stereocenters. The lowest BCUT2D eigenvalue weighted by Crippen LogP contribution is -2.40. The number of aromatic nitrogens is 4. The van der Waals surface area contributed by atoms with Crippen LogP contribution in [0.1, 0.15) is 18.8 Å². The standard InChI is InChI=1S/C15H17N3O6.C4H4N2O2.C3H6/c19-7-10-12(21)13(22)14(24-10)18-9(6-11(20)17-15(18)23)8-4-2-1-3-5-16-8;7-3-1-2-5-4(8)6-3;1-3-2/h1-6,10,12-14,16,19,21-22H,7H2,(H,17,20,23);1-2H,(H2,5,6,7,8);3H,1H2,2H3/t10-,12-,13-,14-;;/m1../s1. The van der Waals surface area contributed by atoms with E-state index in [2.05, 4.69) is 21.9 Å². The van der Waals surface area contributed by atoms with Gasteiger partial charge in [0.05, 0.1) is 18.0 Å². The highest BCUT2D eigenvalue weighted by molar-refractivity contribution is 5.64. The van der Waals surface area contributed by atoms with Crippen LogP contribution in [0.2, 0.25) is 0 Å². The fraction of sp³-hybridized carbons (Fsp3) is 0.273. The van der Waals surface area contributed by atoms with Crippen molar-refractivity contribution in [1.29, 1.82) is 0 Å². The number of aromatic amines is 3. The Labute approximate surface area is 198 Å². The molecule has 4 heterocycles. The number of aliphatic hydroxyl groups excluding tert-OH is 3. The van der Waals surface area contributed by atoms with Crippen molar-refractivity contribution in [3.05, 3.63) is 109 Å². The zero-order chi connectivity index (χ0) is 26.0. The molecule has 4 atom stereocenters. The van der Waals surface area contributed by atoms with Crippen LogP contribution in [0.15, 0.2) is 80.7 Å². The second-order valence-corrected chi connectivity index (χ2v) is 7.10. The quantitative estimate of drug-likeness (QED) is 0.248. The second-order valence-electron chi connectivity index (χ2n) is 7.10. The van der Waals surface area contributed by atoms with Crippen molar-refractivity contribution in [2.24, 2.45) is 0 Å². The first kappa shape index (κ1) is 27.2. The first-order valence-corrected chi connectivity index (χ1v) is 10.4. The van der Waals surface area contributed by atoms with E-state index in [-0.39, 0.29) is 11.3 Å². The Morgan fingerprint density at radius 1 is 1.09 bits per heavy atom. The summed E-state index contributed by atoms with van der Waals surface area (Å²) in [6.07, 6.45) is 6.40. The van der Waals surface area contributed by atoms with Gasteiger partial charge in [-0.3, -0.25) is 24.1 Å². The van der Waals surface area contributed by atoms with E-state index in [1.54, 1.807) is 36.6 Å². The van der Waals surface area contributed by atoms with E-state index < -0.39 is 48.1 Å². The van der Waals surface area contributed by atoms with Crippen LogP contribution in [-0.4, -0.2) is 59.8 Å². The van der Waals surface area contributed by atoms with Gasteiger partial charge < -0.3 is 30.4 Å². The molecule has 7 N–H and O–H groups in total. The van der Waals surface area contributed by atoms with Crippen LogP contribution in [0.25, 0.3) is 5.70 Å². The smallest absolute Gasteiger partial charge is 0.331 e. The summed E-state index contributed by atoms with van der Waals surface area (Å²) in [6.45, 7) is 4.73. The fourth-order valence-electron chi connectivity index (χ4n) is 3.06. The Hall–Kier alpha value is -4.04. The third-order valence-corrected chi connectivity index (χ3v) is 4.53. The van der Waals surface area contributed by atoms with Gasteiger partial charge in [0.2, 0.25) is 0 Å². The highest BCUT2D eigenvalue weighted by Crippen LogP contribution is 2.30. The van der Waals surface area contributed by atoms with Crippen molar-refractivity contribution < 1.29 is 20.1 Å². The second kappa shape index (κ2) is 13.0. The Kier molecular flexibility index (Phi) is 10.1. The molecule has 35 heavy (non-hydrogen) atoms. The first-order valence-electron chi connectivity index (χ1n) is 10.4. The van der Waals surface area contributed by atoms with Crippen LogP contribution >= 0.6 is 0 Å². The van der Waals surface area contributed by atoms with Gasteiger partial charge in [-0.25, -0.2) is 9.59 Å². The molecule has 0 aliphatic carbocycles. The number of aliphatic hydroxyl groups is 3. The molecule has 2 aromatic heterocycles. The van der Waals surface area contributed by atoms with E-state index in [0.717, 1.165) is 4.57 Å². The largest absolute Gasteiger partial charge is 0.394 e. The number of hydrogen-bond acceptors (Lipinski definition) is 9. The monoisotopic (exact) mass is 489 g/mol. The summed E-state index contributed by atoms with van der Waals surface area (Å²) in [5.41, 5.74) is -1.66. The molecule has 0 radical (unpaired) electrons. The summed E-state index contributed by atoms with van der Waals surface area (Å²) < 4.78 is 6.44. The van der Waals surface area contributed by atoms with Gasteiger partial charge in [-0.1, -0.05) is 18.2 Å².